The molecule has 1 rings (SSSR count). The molecule has 0 spiro atoms. The second-order valence-electron chi connectivity index (χ2n) is 3.66. The lowest BCUT2D eigenvalue weighted by atomic mass is 10.2. The van der Waals surface area contributed by atoms with Crippen LogP contribution in [0.2, 0.25) is 0 Å². The second-order valence-corrected chi connectivity index (χ2v) is 3.66. The summed E-state index contributed by atoms with van der Waals surface area (Å²) in [6, 6.07) is 2.43. The van der Waals surface area contributed by atoms with Gasteiger partial charge in [-0.3, -0.25) is 10.1 Å². The van der Waals surface area contributed by atoms with Gasteiger partial charge in [-0.25, -0.2) is 4.79 Å². The molecule has 0 aliphatic rings. The number of urea groups is 1. The van der Waals surface area contributed by atoms with Gasteiger partial charge in [0.2, 0.25) is 5.82 Å². The first-order valence-electron chi connectivity index (χ1n) is 5.52. The number of methoxy groups -OCH3 is 2. The fourth-order valence-corrected chi connectivity index (χ4v) is 1.34. The van der Waals surface area contributed by atoms with E-state index in [4.69, 9.17) is 9.47 Å². The van der Waals surface area contributed by atoms with Crippen LogP contribution in [0.15, 0.2) is 18.2 Å². The number of ether oxygens (including phenoxy) is 2. The van der Waals surface area contributed by atoms with Gasteiger partial charge in [-0.15, -0.1) is 0 Å². The maximum absolute atomic E-state index is 13.1. The molecule has 0 fully saturated rings. The van der Waals surface area contributed by atoms with Crippen LogP contribution >= 0.6 is 0 Å². The molecule has 0 radical (unpaired) electrons. The lowest BCUT2D eigenvalue weighted by molar-refractivity contribution is -0.387. The first-order chi connectivity index (χ1) is 9.47. The summed E-state index contributed by atoms with van der Waals surface area (Å²) in [5.41, 5.74) is -0.614. The molecule has 0 unspecified atom stereocenters. The normalized spacial score (nSPS) is 10.4. The predicted molar refractivity (Wildman–Crippen MR) is 67.9 cm³/mol. The summed E-state index contributed by atoms with van der Waals surface area (Å²) in [6.45, 7) is 0.0854. The van der Waals surface area contributed by atoms with E-state index in [1.54, 1.807) is 0 Å². The number of hydrogen-bond donors (Lipinski definition) is 2. The van der Waals surface area contributed by atoms with E-state index in [2.05, 4.69) is 10.6 Å². The van der Waals surface area contributed by atoms with Crippen molar-refractivity contribution in [1.82, 2.24) is 5.32 Å². The van der Waals surface area contributed by atoms with E-state index in [9.17, 15) is 19.3 Å². The first kappa shape index (κ1) is 15.8. The summed E-state index contributed by atoms with van der Waals surface area (Å²) >= 11 is 0. The summed E-state index contributed by atoms with van der Waals surface area (Å²) in [5, 5.41) is 15.3. The van der Waals surface area contributed by atoms with Crippen molar-refractivity contribution < 1.29 is 23.6 Å². The van der Waals surface area contributed by atoms with Crippen LogP contribution in [-0.2, 0) is 9.47 Å². The predicted octanol–water partition coefficient (Wildman–Crippen LogP) is 1.47. The minimum Gasteiger partial charge on any atom is -0.354 e. The fourth-order valence-electron chi connectivity index (χ4n) is 1.34. The molecule has 1 aromatic rings. The van der Waals surface area contributed by atoms with Crippen LogP contribution in [0.25, 0.3) is 0 Å². The van der Waals surface area contributed by atoms with Crippen LogP contribution < -0.4 is 10.6 Å². The highest BCUT2D eigenvalue weighted by molar-refractivity contribution is 5.89. The van der Waals surface area contributed by atoms with Gasteiger partial charge < -0.3 is 20.1 Å². The number of halogens is 1. The molecule has 0 saturated carbocycles. The zero-order valence-corrected chi connectivity index (χ0v) is 10.9. The van der Waals surface area contributed by atoms with Gasteiger partial charge >= 0.3 is 11.7 Å². The lowest BCUT2D eigenvalue weighted by Gasteiger charge is -2.14. The molecule has 0 atom stereocenters. The number of hydrogen-bond acceptors (Lipinski definition) is 5. The van der Waals surface area contributed by atoms with E-state index in [0.29, 0.717) is 0 Å². The summed E-state index contributed by atoms with van der Waals surface area (Å²) in [4.78, 5) is 21.2. The van der Waals surface area contributed by atoms with E-state index in [1.165, 1.54) is 20.3 Å². The molecule has 20 heavy (non-hydrogen) atoms. The molecule has 0 aromatic heterocycles. The van der Waals surface area contributed by atoms with E-state index in [-0.39, 0.29) is 12.2 Å². The van der Waals surface area contributed by atoms with Gasteiger partial charge in [0.25, 0.3) is 0 Å². The zero-order chi connectivity index (χ0) is 15.1. The number of anilines is 1. The Morgan fingerprint density at radius 3 is 2.65 bits per heavy atom. The third-order valence-electron chi connectivity index (χ3n) is 2.36. The van der Waals surface area contributed by atoms with Crippen molar-refractivity contribution in [1.29, 1.82) is 0 Å². The SMILES string of the molecule is COC(CNC(=O)Nc1ccc(F)c([N+](=O)[O-])c1)OC. The van der Waals surface area contributed by atoms with E-state index in [0.717, 1.165) is 12.1 Å². The Kier molecular flexibility index (Phi) is 5.81. The van der Waals surface area contributed by atoms with Gasteiger partial charge in [0.1, 0.15) is 0 Å². The largest absolute Gasteiger partial charge is 0.354 e. The maximum Gasteiger partial charge on any atom is 0.319 e. The van der Waals surface area contributed by atoms with Crippen molar-refractivity contribution in [3.63, 3.8) is 0 Å². The highest BCUT2D eigenvalue weighted by Crippen LogP contribution is 2.21. The molecule has 0 heterocycles. The van der Waals surface area contributed by atoms with Crippen LogP contribution in [0, 0.1) is 15.9 Å². The summed E-state index contributed by atoms with van der Waals surface area (Å²) in [6.07, 6.45) is -0.608. The van der Waals surface area contributed by atoms with Crippen LogP contribution in [0.1, 0.15) is 0 Å². The summed E-state index contributed by atoms with van der Waals surface area (Å²) in [7, 11) is 2.83. The molecule has 2 N–H and O–H groups in total. The molecular formula is C11H14FN3O5. The third kappa shape index (κ3) is 4.44. The standard InChI is InChI=1S/C11H14FN3O5/c1-19-10(20-2)6-13-11(16)14-7-3-4-8(12)9(5-7)15(17)18/h3-5,10H,6H2,1-2H3,(H2,13,14,16). The van der Waals surface area contributed by atoms with Gasteiger partial charge in [-0.2, -0.15) is 4.39 Å². The number of carbonyl (C=O) groups is 1. The molecule has 110 valence electrons. The van der Waals surface area contributed by atoms with Gasteiger partial charge in [0.05, 0.1) is 11.5 Å². The number of nitrogens with one attached hydrogen (secondary N) is 2. The van der Waals surface area contributed by atoms with Gasteiger partial charge in [0.15, 0.2) is 6.29 Å². The average Bonchev–Trinajstić information content (AvgIpc) is 2.41. The second kappa shape index (κ2) is 7.36. The molecule has 0 aliphatic carbocycles. The number of carbonyl (C=O) groups excluding carboxylic acids is 1. The smallest absolute Gasteiger partial charge is 0.319 e. The Morgan fingerprint density at radius 2 is 2.10 bits per heavy atom. The highest BCUT2D eigenvalue weighted by atomic mass is 19.1. The number of nitro benzene ring substituents is 1. The lowest BCUT2D eigenvalue weighted by Crippen LogP contribution is -2.36. The van der Waals surface area contributed by atoms with E-state index < -0.39 is 28.7 Å². The molecule has 8 nitrogen and oxygen atoms in total. The van der Waals surface area contributed by atoms with Crippen molar-refractivity contribution >= 4 is 17.4 Å². The third-order valence-corrected chi connectivity index (χ3v) is 2.36. The van der Waals surface area contributed by atoms with Crippen LogP contribution in [0.5, 0.6) is 0 Å². The molecule has 9 heteroatoms. The molecule has 1 aromatic carbocycles. The number of amides is 2. The first-order valence-corrected chi connectivity index (χ1v) is 5.52. The Morgan fingerprint density at radius 1 is 1.45 bits per heavy atom. The maximum atomic E-state index is 13.1. The minimum absolute atomic E-state index is 0.0854. The van der Waals surface area contributed by atoms with Gasteiger partial charge in [0, 0.05) is 26.0 Å². The van der Waals surface area contributed by atoms with Gasteiger partial charge in [-0.1, -0.05) is 0 Å². The summed E-state index contributed by atoms with van der Waals surface area (Å²) in [5.74, 6) is -0.972. The Bertz CT molecular complexity index is 493. The minimum atomic E-state index is -0.972. The van der Waals surface area contributed by atoms with Gasteiger partial charge in [-0.05, 0) is 12.1 Å². The van der Waals surface area contributed by atoms with Crippen molar-refractivity contribution in [2.75, 3.05) is 26.1 Å². The number of nitrogens with zero attached hydrogens (tertiary/aromatic N) is 1. The number of nitro groups is 1. The topological polar surface area (TPSA) is 103 Å². The average molecular weight is 287 g/mol. The quantitative estimate of drug-likeness (QED) is 0.468. The van der Waals surface area contributed by atoms with E-state index in [1.807, 2.05) is 0 Å². The zero-order valence-electron chi connectivity index (χ0n) is 10.9. The molecule has 0 aliphatic heterocycles. The van der Waals surface area contributed by atoms with Crippen LogP contribution in [-0.4, -0.2) is 38.0 Å². The number of rotatable bonds is 6. The van der Waals surface area contributed by atoms with Crippen molar-refractivity contribution in [3.05, 3.63) is 34.1 Å². The molecule has 2 amide bonds. The van der Waals surface area contributed by atoms with Crippen molar-refractivity contribution in [2.45, 2.75) is 6.29 Å². The van der Waals surface area contributed by atoms with Crippen LogP contribution in [0.4, 0.5) is 20.6 Å². The van der Waals surface area contributed by atoms with Crippen LogP contribution in [0.3, 0.4) is 0 Å². The van der Waals surface area contributed by atoms with E-state index >= 15 is 0 Å². The monoisotopic (exact) mass is 287 g/mol. The fraction of sp³-hybridized carbons (Fsp3) is 0.364. The Hall–Kier alpha value is -2.26. The summed E-state index contributed by atoms with van der Waals surface area (Å²) < 4.78 is 22.8. The molecule has 0 saturated heterocycles. The van der Waals surface area contributed by atoms with Crippen molar-refractivity contribution in [2.24, 2.45) is 0 Å². The number of benzene rings is 1. The molecular weight excluding hydrogens is 273 g/mol. The highest BCUT2D eigenvalue weighted by Gasteiger charge is 2.15. The Balaban J connectivity index is 2.62. The molecule has 0 bridgehead atoms. The Labute approximate surface area is 114 Å². The van der Waals surface area contributed by atoms with Crippen molar-refractivity contribution in [3.8, 4) is 0 Å².